The van der Waals surface area contributed by atoms with Gasteiger partial charge >= 0.3 is 0 Å². The van der Waals surface area contributed by atoms with Gasteiger partial charge in [0.05, 0.1) is 0 Å². The molecule has 2 N–H and O–H groups in total. The van der Waals surface area contributed by atoms with Crippen molar-refractivity contribution in [1.82, 2.24) is 4.83 Å². The first kappa shape index (κ1) is 9.11. The Hall–Kier alpha value is -0.980. The van der Waals surface area contributed by atoms with Crippen molar-refractivity contribution in [1.29, 1.82) is 0 Å². The highest BCUT2D eigenvalue weighted by molar-refractivity contribution is 7.77. The second-order valence-electron chi connectivity index (χ2n) is 1.97. The largest absolute Gasteiger partial charge is 0.759 e. The molecule has 1 aromatic carbocycles. The molecule has 0 bridgehead atoms. The average molecular weight is 189 g/mol. The van der Waals surface area contributed by atoms with Crippen LogP contribution in [0.3, 0.4) is 0 Å². The Kier molecular flexibility index (Phi) is 3.15. The van der Waals surface area contributed by atoms with Gasteiger partial charge in [-0.25, -0.2) is 4.39 Å². The number of halogens is 1. The molecular weight excluding hydrogens is 183 g/mol. The predicted octanol–water partition coefficient (Wildman–Crippen LogP) is 0.536. The zero-order valence-electron chi connectivity index (χ0n) is 5.91. The fourth-order valence-corrected chi connectivity index (χ4v) is 0.835. The van der Waals surface area contributed by atoms with E-state index in [2.05, 4.69) is 5.43 Å². The van der Waals surface area contributed by atoms with Gasteiger partial charge in [0.25, 0.3) is 0 Å². The first-order valence-corrected chi connectivity index (χ1v) is 4.12. The number of hydrazine groups is 1. The third-order valence-electron chi connectivity index (χ3n) is 1.12. The van der Waals surface area contributed by atoms with E-state index in [0.717, 1.165) is 0 Å². The summed E-state index contributed by atoms with van der Waals surface area (Å²) >= 11 is -2.38. The normalized spacial score (nSPS) is 12.5. The molecule has 0 aliphatic heterocycles. The van der Waals surface area contributed by atoms with Gasteiger partial charge < -0.3 is 9.98 Å². The second kappa shape index (κ2) is 4.15. The minimum atomic E-state index is -2.38. The van der Waals surface area contributed by atoms with Crippen LogP contribution in [0.15, 0.2) is 24.3 Å². The number of nitrogens with one attached hydrogen (secondary N) is 2. The van der Waals surface area contributed by atoms with Crippen LogP contribution in [0.5, 0.6) is 0 Å². The number of hydrogen-bond donors (Lipinski definition) is 2. The van der Waals surface area contributed by atoms with Gasteiger partial charge in [-0.2, -0.15) is 4.83 Å². The molecule has 0 saturated heterocycles. The maximum atomic E-state index is 12.3. The highest BCUT2D eigenvalue weighted by Crippen LogP contribution is 2.06. The summed E-state index contributed by atoms with van der Waals surface area (Å²) in [7, 11) is 0. The van der Waals surface area contributed by atoms with Crippen LogP contribution in [0.1, 0.15) is 0 Å². The zero-order chi connectivity index (χ0) is 8.97. The lowest BCUT2D eigenvalue weighted by molar-refractivity contribution is 0.528. The van der Waals surface area contributed by atoms with Crippen LogP contribution in [0.2, 0.25) is 0 Å². The minimum absolute atomic E-state index is 0.371. The summed E-state index contributed by atoms with van der Waals surface area (Å²) in [6.45, 7) is 0. The third kappa shape index (κ3) is 2.95. The monoisotopic (exact) mass is 189 g/mol. The van der Waals surface area contributed by atoms with Gasteiger partial charge in [0.15, 0.2) is 0 Å². The fourth-order valence-electron chi connectivity index (χ4n) is 0.634. The molecule has 4 nitrogen and oxygen atoms in total. The van der Waals surface area contributed by atoms with Crippen LogP contribution in [-0.4, -0.2) is 8.76 Å². The molecule has 0 aromatic heterocycles. The standard InChI is InChI=1S/C6H7FN2O2S/c7-5-1-3-6(4-2-5)8-9-12(10)11/h1-4,8-9H,(H,10,11)/p-1. The molecule has 0 amide bonds. The van der Waals surface area contributed by atoms with E-state index < -0.39 is 11.3 Å². The second-order valence-corrected chi connectivity index (χ2v) is 2.64. The van der Waals surface area contributed by atoms with E-state index in [4.69, 9.17) is 0 Å². The molecular formula is C6H6FN2O2S-. The van der Waals surface area contributed by atoms with Gasteiger partial charge in [0.2, 0.25) is 0 Å². The molecule has 0 radical (unpaired) electrons. The molecule has 0 saturated carbocycles. The first-order valence-electron chi connectivity index (χ1n) is 3.05. The summed E-state index contributed by atoms with van der Waals surface area (Å²) in [6, 6.07) is 5.26. The number of hydrogen-bond acceptors (Lipinski definition) is 3. The van der Waals surface area contributed by atoms with Crippen molar-refractivity contribution >= 4 is 17.0 Å². The molecule has 0 aliphatic carbocycles. The van der Waals surface area contributed by atoms with Gasteiger partial charge in [-0.05, 0) is 24.3 Å². The van der Waals surface area contributed by atoms with E-state index in [9.17, 15) is 13.2 Å². The summed E-state index contributed by atoms with van der Waals surface area (Å²) in [6.07, 6.45) is 0. The number of anilines is 1. The molecule has 0 fully saturated rings. The smallest absolute Gasteiger partial charge is 0.123 e. The highest BCUT2D eigenvalue weighted by Gasteiger charge is 1.90. The highest BCUT2D eigenvalue weighted by atomic mass is 32.2. The van der Waals surface area contributed by atoms with E-state index >= 15 is 0 Å². The molecule has 6 heteroatoms. The van der Waals surface area contributed by atoms with Crippen LogP contribution < -0.4 is 10.3 Å². The van der Waals surface area contributed by atoms with Crippen molar-refractivity contribution in [3.05, 3.63) is 30.1 Å². The van der Waals surface area contributed by atoms with Gasteiger partial charge in [-0.1, -0.05) is 0 Å². The molecule has 1 atom stereocenters. The van der Waals surface area contributed by atoms with Crippen molar-refractivity contribution in [3.8, 4) is 0 Å². The molecule has 1 aromatic rings. The molecule has 1 unspecified atom stereocenters. The van der Waals surface area contributed by atoms with E-state index in [1.165, 1.54) is 24.3 Å². The van der Waals surface area contributed by atoms with Gasteiger partial charge in [-0.15, -0.1) is 0 Å². The van der Waals surface area contributed by atoms with Crippen molar-refractivity contribution in [2.75, 3.05) is 5.43 Å². The van der Waals surface area contributed by atoms with Crippen LogP contribution in [0.25, 0.3) is 0 Å². The first-order chi connectivity index (χ1) is 5.68. The van der Waals surface area contributed by atoms with Gasteiger partial charge in [0, 0.05) is 17.0 Å². The van der Waals surface area contributed by atoms with Gasteiger partial charge in [0.1, 0.15) is 5.82 Å². The number of rotatable bonds is 3. The molecule has 0 spiro atoms. The predicted molar refractivity (Wildman–Crippen MR) is 42.1 cm³/mol. The van der Waals surface area contributed by atoms with Crippen molar-refractivity contribution in [2.24, 2.45) is 0 Å². The van der Waals surface area contributed by atoms with E-state index in [-0.39, 0.29) is 5.82 Å². The molecule has 1 rings (SSSR count). The van der Waals surface area contributed by atoms with Crippen LogP contribution in [0.4, 0.5) is 10.1 Å². The Morgan fingerprint density at radius 3 is 2.42 bits per heavy atom. The summed E-state index contributed by atoms with van der Waals surface area (Å²) in [5.74, 6) is -0.371. The molecule has 66 valence electrons. The Labute approximate surface area is 71.2 Å². The van der Waals surface area contributed by atoms with Crippen molar-refractivity contribution in [3.63, 3.8) is 0 Å². The van der Waals surface area contributed by atoms with Crippen LogP contribution in [0, 0.1) is 5.82 Å². The topological polar surface area (TPSA) is 64.2 Å². The van der Waals surface area contributed by atoms with E-state index in [1.54, 1.807) is 0 Å². The molecule has 0 aliphatic rings. The Bertz CT molecular complexity index is 277. The Morgan fingerprint density at radius 2 is 1.92 bits per heavy atom. The van der Waals surface area contributed by atoms with Crippen LogP contribution >= 0.6 is 0 Å². The quantitative estimate of drug-likeness (QED) is 0.538. The summed E-state index contributed by atoms with van der Waals surface area (Å²) in [5.41, 5.74) is 2.81. The zero-order valence-corrected chi connectivity index (χ0v) is 6.73. The lowest BCUT2D eigenvalue weighted by Crippen LogP contribution is -2.23. The third-order valence-corrected chi connectivity index (χ3v) is 1.39. The van der Waals surface area contributed by atoms with Crippen LogP contribution in [-0.2, 0) is 11.3 Å². The maximum absolute atomic E-state index is 12.3. The molecule has 0 heterocycles. The Balaban J connectivity index is 2.53. The Morgan fingerprint density at radius 1 is 1.33 bits per heavy atom. The lowest BCUT2D eigenvalue weighted by atomic mass is 10.3. The summed E-state index contributed by atoms with van der Waals surface area (Å²) in [5, 5.41) is 0. The lowest BCUT2D eigenvalue weighted by Gasteiger charge is -2.09. The fraction of sp³-hybridized carbons (Fsp3) is 0. The van der Waals surface area contributed by atoms with E-state index in [1.807, 2.05) is 4.83 Å². The van der Waals surface area contributed by atoms with Gasteiger partial charge in [-0.3, -0.25) is 4.21 Å². The summed E-state index contributed by atoms with van der Waals surface area (Å²) in [4.78, 5) is 1.93. The number of benzene rings is 1. The average Bonchev–Trinajstić information content (AvgIpc) is 2.03. The van der Waals surface area contributed by atoms with Crippen molar-refractivity contribution in [2.45, 2.75) is 0 Å². The summed E-state index contributed by atoms with van der Waals surface area (Å²) < 4.78 is 32.3. The maximum Gasteiger partial charge on any atom is 0.123 e. The minimum Gasteiger partial charge on any atom is -0.759 e. The van der Waals surface area contributed by atoms with Crippen molar-refractivity contribution < 1.29 is 13.2 Å². The molecule has 12 heavy (non-hydrogen) atoms. The van der Waals surface area contributed by atoms with E-state index in [0.29, 0.717) is 5.69 Å². The SMILES string of the molecule is O=S([O-])NNc1ccc(F)cc1.